The van der Waals surface area contributed by atoms with Crippen molar-refractivity contribution in [3.8, 4) is 11.4 Å². The molecule has 0 saturated heterocycles. The van der Waals surface area contributed by atoms with Gasteiger partial charge in [-0.3, -0.25) is 0 Å². The average Bonchev–Trinajstić information content (AvgIpc) is 2.83. The fraction of sp³-hybridized carbons (Fsp3) is 0.0714. The molecule has 1 aromatic heterocycles. The molecule has 0 unspecified atom stereocenters. The Balaban J connectivity index is 2.22. The van der Waals surface area contributed by atoms with Gasteiger partial charge in [0.1, 0.15) is 17.2 Å². The van der Waals surface area contributed by atoms with E-state index in [9.17, 15) is 17.6 Å². The van der Waals surface area contributed by atoms with E-state index >= 15 is 0 Å². The molecular formula is C14H7ClF4N2. The first-order valence-electron chi connectivity index (χ1n) is 5.88. The molecule has 0 bridgehead atoms. The van der Waals surface area contributed by atoms with E-state index in [0.717, 1.165) is 6.07 Å². The normalized spacial score (nSPS) is 12.0. The molecule has 0 aliphatic rings. The summed E-state index contributed by atoms with van der Waals surface area (Å²) in [6.07, 6.45) is -4.76. The van der Waals surface area contributed by atoms with Crippen molar-refractivity contribution in [1.29, 1.82) is 0 Å². The molecular weight excluding hydrogens is 308 g/mol. The Morgan fingerprint density at radius 1 is 1.05 bits per heavy atom. The number of hydrogen-bond acceptors (Lipinski definition) is 1. The Hall–Kier alpha value is -2.08. The quantitative estimate of drug-likeness (QED) is 0.626. The van der Waals surface area contributed by atoms with Gasteiger partial charge in [-0.15, -0.1) is 0 Å². The molecule has 1 heterocycles. The van der Waals surface area contributed by atoms with Gasteiger partial charge in [-0.25, -0.2) is 9.37 Å². The van der Waals surface area contributed by atoms with Gasteiger partial charge in [-0.05, 0) is 24.3 Å². The van der Waals surface area contributed by atoms with Crippen molar-refractivity contribution in [2.24, 2.45) is 0 Å². The number of rotatable bonds is 1. The van der Waals surface area contributed by atoms with Crippen LogP contribution < -0.4 is 0 Å². The smallest absolute Gasteiger partial charge is 0.338 e. The third-order valence-electron chi connectivity index (χ3n) is 3.02. The number of alkyl halides is 3. The van der Waals surface area contributed by atoms with Crippen LogP contribution in [0.3, 0.4) is 0 Å². The number of nitrogens with zero attached hydrogens (tertiary/aromatic N) is 1. The topological polar surface area (TPSA) is 28.7 Å². The molecule has 0 saturated carbocycles. The second-order valence-electron chi connectivity index (χ2n) is 4.39. The molecule has 108 valence electrons. The Morgan fingerprint density at radius 2 is 1.76 bits per heavy atom. The second kappa shape index (κ2) is 4.73. The zero-order valence-electron chi connectivity index (χ0n) is 10.3. The lowest BCUT2D eigenvalue weighted by molar-refractivity contribution is -0.139. The van der Waals surface area contributed by atoms with E-state index in [1.165, 1.54) is 6.07 Å². The Kier molecular flexibility index (Phi) is 3.13. The summed E-state index contributed by atoms with van der Waals surface area (Å²) in [5.74, 6) is -1.36. The Labute approximate surface area is 121 Å². The van der Waals surface area contributed by atoms with Gasteiger partial charge in [-0.2, -0.15) is 13.2 Å². The van der Waals surface area contributed by atoms with Crippen LogP contribution in [0.15, 0.2) is 36.4 Å². The zero-order chi connectivity index (χ0) is 15.2. The molecule has 0 fully saturated rings. The standard InChI is InChI=1S/C14H7ClF4N2/c15-9-5-2-6-10-12(9)21-13(20-10)7-3-1-4-8(11(7)16)14(17,18)19/h1-6H,(H,20,21). The summed E-state index contributed by atoms with van der Waals surface area (Å²) in [7, 11) is 0. The summed E-state index contributed by atoms with van der Waals surface area (Å²) < 4.78 is 52.2. The minimum Gasteiger partial charge on any atom is -0.338 e. The van der Waals surface area contributed by atoms with Gasteiger partial charge in [0.25, 0.3) is 0 Å². The lowest BCUT2D eigenvalue weighted by Crippen LogP contribution is -2.08. The molecule has 1 N–H and O–H groups in total. The number of para-hydroxylation sites is 1. The molecule has 7 heteroatoms. The van der Waals surface area contributed by atoms with Crippen molar-refractivity contribution in [3.63, 3.8) is 0 Å². The summed E-state index contributed by atoms with van der Waals surface area (Å²) in [5.41, 5.74) is -0.677. The molecule has 0 amide bonds. The van der Waals surface area contributed by atoms with Crippen LogP contribution in [0.1, 0.15) is 5.56 Å². The van der Waals surface area contributed by atoms with Crippen LogP contribution >= 0.6 is 11.6 Å². The number of aromatic nitrogens is 2. The third kappa shape index (κ3) is 2.35. The minimum absolute atomic E-state index is 0.00157. The van der Waals surface area contributed by atoms with Gasteiger partial charge < -0.3 is 4.98 Å². The van der Waals surface area contributed by atoms with Crippen molar-refractivity contribution in [2.45, 2.75) is 6.18 Å². The number of benzene rings is 2. The number of fused-ring (bicyclic) bond motifs is 1. The fourth-order valence-corrected chi connectivity index (χ4v) is 2.28. The van der Waals surface area contributed by atoms with Gasteiger partial charge >= 0.3 is 6.18 Å². The van der Waals surface area contributed by atoms with Crippen LogP contribution in [0.5, 0.6) is 0 Å². The van der Waals surface area contributed by atoms with Crippen molar-refractivity contribution < 1.29 is 17.6 Å². The van der Waals surface area contributed by atoms with E-state index < -0.39 is 17.6 Å². The summed E-state index contributed by atoms with van der Waals surface area (Å²) in [5, 5.41) is 0.336. The van der Waals surface area contributed by atoms with E-state index in [1.54, 1.807) is 18.2 Å². The number of aromatic amines is 1. The van der Waals surface area contributed by atoms with Crippen molar-refractivity contribution in [1.82, 2.24) is 9.97 Å². The van der Waals surface area contributed by atoms with Gasteiger partial charge in [0.15, 0.2) is 0 Å². The van der Waals surface area contributed by atoms with Crippen molar-refractivity contribution in [2.75, 3.05) is 0 Å². The van der Waals surface area contributed by atoms with Crippen LogP contribution in [0.2, 0.25) is 5.02 Å². The van der Waals surface area contributed by atoms with Crippen LogP contribution in [-0.4, -0.2) is 9.97 Å². The number of H-pyrrole nitrogens is 1. The number of hydrogen-bond donors (Lipinski definition) is 1. The van der Waals surface area contributed by atoms with E-state index in [0.29, 0.717) is 22.1 Å². The Morgan fingerprint density at radius 3 is 2.43 bits per heavy atom. The predicted molar refractivity (Wildman–Crippen MR) is 71.5 cm³/mol. The maximum atomic E-state index is 14.1. The van der Waals surface area contributed by atoms with E-state index in [-0.39, 0.29) is 11.4 Å². The lowest BCUT2D eigenvalue weighted by atomic mass is 10.1. The summed E-state index contributed by atoms with van der Waals surface area (Å²) in [6.45, 7) is 0. The minimum atomic E-state index is -4.76. The second-order valence-corrected chi connectivity index (χ2v) is 4.79. The average molecular weight is 315 g/mol. The molecule has 2 nitrogen and oxygen atoms in total. The molecule has 0 spiro atoms. The first-order valence-corrected chi connectivity index (χ1v) is 6.26. The molecule has 21 heavy (non-hydrogen) atoms. The highest BCUT2D eigenvalue weighted by Crippen LogP contribution is 2.35. The van der Waals surface area contributed by atoms with Gasteiger partial charge in [0, 0.05) is 0 Å². The highest BCUT2D eigenvalue weighted by Gasteiger charge is 2.35. The fourth-order valence-electron chi connectivity index (χ4n) is 2.06. The first-order chi connectivity index (χ1) is 9.88. The monoisotopic (exact) mass is 314 g/mol. The maximum Gasteiger partial charge on any atom is 0.419 e. The van der Waals surface area contributed by atoms with E-state index in [4.69, 9.17) is 11.6 Å². The van der Waals surface area contributed by atoms with Crippen LogP contribution in [0.4, 0.5) is 17.6 Å². The highest BCUT2D eigenvalue weighted by molar-refractivity contribution is 6.34. The maximum absolute atomic E-state index is 14.1. The number of nitrogens with one attached hydrogen (secondary N) is 1. The van der Waals surface area contributed by atoms with Crippen LogP contribution in [0.25, 0.3) is 22.4 Å². The van der Waals surface area contributed by atoms with Crippen molar-refractivity contribution >= 4 is 22.6 Å². The molecule has 3 rings (SSSR count). The van der Waals surface area contributed by atoms with E-state index in [2.05, 4.69) is 9.97 Å². The number of imidazole rings is 1. The SMILES string of the molecule is Fc1c(-c2nc3c(Cl)cccc3[nH]2)cccc1C(F)(F)F. The van der Waals surface area contributed by atoms with Crippen LogP contribution in [0, 0.1) is 5.82 Å². The highest BCUT2D eigenvalue weighted by atomic mass is 35.5. The van der Waals surface area contributed by atoms with Crippen LogP contribution in [-0.2, 0) is 6.18 Å². The molecule has 0 aliphatic carbocycles. The number of halogens is 5. The molecule has 3 aromatic rings. The summed E-state index contributed by atoms with van der Waals surface area (Å²) in [4.78, 5) is 6.84. The molecule has 2 aromatic carbocycles. The zero-order valence-corrected chi connectivity index (χ0v) is 11.1. The van der Waals surface area contributed by atoms with E-state index in [1.807, 2.05) is 0 Å². The van der Waals surface area contributed by atoms with Gasteiger partial charge in [0.2, 0.25) is 0 Å². The van der Waals surface area contributed by atoms with Gasteiger partial charge in [-0.1, -0.05) is 23.7 Å². The summed E-state index contributed by atoms with van der Waals surface area (Å²) >= 11 is 5.95. The van der Waals surface area contributed by atoms with Crippen molar-refractivity contribution in [3.05, 3.63) is 52.8 Å². The lowest BCUT2D eigenvalue weighted by Gasteiger charge is -2.09. The molecule has 0 atom stereocenters. The third-order valence-corrected chi connectivity index (χ3v) is 3.33. The molecule has 0 radical (unpaired) electrons. The first kappa shape index (κ1) is 13.9. The van der Waals surface area contributed by atoms with Gasteiger partial charge in [0.05, 0.1) is 21.7 Å². The summed E-state index contributed by atoms with van der Waals surface area (Å²) in [6, 6.07) is 7.97. The predicted octanol–water partition coefficient (Wildman–Crippen LogP) is 5.04. The Bertz CT molecular complexity index is 823. The largest absolute Gasteiger partial charge is 0.419 e. The molecule has 0 aliphatic heterocycles.